The number of nitrogens with zero attached hydrogens (tertiary/aromatic N) is 2. The van der Waals surface area contributed by atoms with E-state index in [0.29, 0.717) is 17.8 Å². The number of pyridine rings is 1. The van der Waals surface area contributed by atoms with Gasteiger partial charge in [-0.25, -0.2) is 0 Å². The molecule has 0 unspecified atom stereocenters. The Labute approximate surface area is 105 Å². The van der Waals surface area contributed by atoms with E-state index in [1.54, 1.807) is 30.1 Å². The number of hydrogen-bond acceptors (Lipinski definition) is 2. The van der Waals surface area contributed by atoms with Crippen LogP contribution in [0.2, 0.25) is 0 Å². The zero-order valence-corrected chi connectivity index (χ0v) is 9.96. The number of hydrogen-bond donors (Lipinski definition) is 0. The van der Waals surface area contributed by atoms with E-state index in [4.69, 9.17) is 0 Å². The van der Waals surface area contributed by atoms with Crippen molar-refractivity contribution in [3.63, 3.8) is 0 Å². The van der Waals surface area contributed by atoms with Crippen LogP contribution in [0.25, 0.3) is 11.3 Å². The minimum atomic E-state index is 0.0141. The highest BCUT2D eigenvalue weighted by molar-refractivity contribution is 5.99. The Morgan fingerprint density at radius 1 is 1.28 bits per heavy atom. The van der Waals surface area contributed by atoms with E-state index in [1.807, 2.05) is 18.2 Å². The average Bonchev–Trinajstić information content (AvgIpc) is 2.66. The summed E-state index contributed by atoms with van der Waals surface area (Å²) in [5.41, 5.74) is 3.04. The molecule has 1 aliphatic rings. The van der Waals surface area contributed by atoms with E-state index < -0.39 is 0 Å². The molecule has 4 nitrogen and oxygen atoms in total. The lowest BCUT2D eigenvalue weighted by atomic mass is 10.0. The Morgan fingerprint density at radius 3 is 2.89 bits per heavy atom. The quantitative estimate of drug-likeness (QED) is 0.561. The van der Waals surface area contributed by atoms with Gasteiger partial charge in [-0.15, -0.1) is 0 Å². The Morgan fingerprint density at radius 2 is 2.11 bits per heavy atom. The van der Waals surface area contributed by atoms with E-state index in [1.165, 1.54) is 6.20 Å². The van der Waals surface area contributed by atoms with Crippen molar-refractivity contribution in [1.82, 2.24) is 4.90 Å². The molecule has 1 aromatic carbocycles. The monoisotopic (exact) mass is 240 g/mol. The predicted octanol–water partition coefficient (Wildman–Crippen LogP) is 1.57. The van der Waals surface area contributed by atoms with Gasteiger partial charge in [-0.2, -0.15) is 4.73 Å². The molecule has 3 rings (SSSR count). The van der Waals surface area contributed by atoms with E-state index in [2.05, 4.69) is 0 Å². The van der Waals surface area contributed by atoms with Gasteiger partial charge in [0.2, 0.25) is 5.69 Å². The first-order chi connectivity index (χ1) is 8.66. The predicted molar refractivity (Wildman–Crippen MR) is 66.6 cm³/mol. The van der Waals surface area contributed by atoms with Crippen LogP contribution in [-0.2, 0) is 6.54 Å². The van der Waals surface area contributed by atoms with E-state index in [-0.39, 0.29) is 5.91 Å². The molecule has 0 saturated carbocycles. The summed E-state index contributed by atoms with van der Waals surface area (Å²) < 4.78 is 0.810. The largest absolute Gasteiger partial charge is 0.618 e. The van der Waals surface area contributed by atoms with Crippen LogP contribution in [0.4, 0.5) is 0 Å². The zero-order valence-electron chi connectivity index (χ0n) is 9.96. The maximum Gasteiger partial charge on any atom is 0.254 e. The van der Waals surface area contributed by atoms with Gasteiger partial charge in [-0.05, 0) is 23.8 Å². The lowest BCUT2D eigenvalue weighted by molar-refractivity contribution is -0.593. The minimum absolute atomic E-state index is 0.0141. The Hall–Kier alpha value is -2.36. The van der Waals surface area contributed by atoms with Gasteiger partial charge in [0.05, 0.1) is 0 Å². The molecule has 0 bridgehead atoms. The number of amides is 1. The lowest BCUT2D eigenvalue weighted by Crippen LogP contribution is -2.27. The fourth-order valence-corrected chi connectivity index (χ4v) is 2.26. The first-order valence-corrected chi connectivity index (χ1v) is 5.74. The Kier molecular flexibility index (Phi) is 2.30. The van der Waals surface area contributed by atoms with Crippen LogP contribution < -0.4 is 4.73 Å². The number of aromatic nitrogens is 1. The van der Waals surface area contributed by atoms with Crippen LogP contribution in [0, 0.1) is 5.21 Å². The van der Waals surface area contributed by atoms with Crippen LogP contribution in [0.1, 0.15) is 15.9 Å². The van der Waals surface area contributed by atoms with E-state index in [9.17, 15) is 10.0 Å². The van der Waals surface area contributed by atoms with Crippen molar-refractivity contribution >= 4 is 5.91 Å². The van der Waals surface area contributed by atoms with Gasteiger partial charge < -0.3 is 10.1 Å². The van der Waals surface area contributed by atoms with Gasteiger partial charge in [0.25, 0.3) is 5.91 Å². The molecule has 1 aromatic heterocycles. The average molecular weight is 240 g/mol. The van der Waals surface area contributed by atoms with Gasteiger partial charge >= 0.3 is 0 Å². The molecule has 0 aliphatic carbocycles. The van der Waals surface area contributed by atoms with E-state index >= 15 is 0 Å². The number of benzene rings is 1. The summed E-state index contributed by atoms with van der Waals surface area (Å²) in [6, 6.07) is 10.8. The standard InChI is InChI=1S/C14H12N2O2/c1-15-9-11-6-5-10(8-12(11)14(15)17)13-4-2-3-7-16(13)18/h2-8H,9H2,1H3. The first-order valence-electron chi connectivity index (χ1n) is 5.74. The number of rotatable bonds is 1. The molecule has 1 amide bonds. The van der Waals surface area contributed by atoms with Crippen LogP contribution >= 0.6 is 0 Å². The number of carbonyl (C=O) groups excluding carboxylic acids is 1. The molecule has 1 aliphatic heterocycles. The maximum atomic E-state index is 11.9. The van der Waals surface area contributed by atoms with Gasteiger partial charge in [0, 0.05) is 36.9 Å². The summed E-state index contributed by atoms with van der Waals surface area (Å²) in [5, 5.41) is 11.7. The normalized spacial score (nSPS) is 13.8. The van der Waals surface area contributed by atoms with Crippen molar-refractivity contribution in [2.24, 2.45) is 0 Å². The van der Waals surface area contributed by atoms with Crippen LogP contribution in [0.5, 0.6) is 0 Å². The summed E-state index contributed by atoms with van der Waals surface area (Å²) in [4.78, 5) is 13.6. The SMILES string of the molecule is CN1Cc2ccc(-c3cccc[n+]3[O-])cc2C1=O. The van der Waals surface area contributed by atoms with Crippen molar-refractivity contribution in [3.8, 4) is 11.3 Å². The smallest absolute Gasteiger partial charge is 0.254 e. The Bertz CT molecular complexity index is 637. The molecule has 0 fully saturated rings. The summed E-state index contributed by atoms with van der Waals surface area (Å²) in [5.74, 6) is 0.0141. The van der Waals surface area contributed by atoms with E-state index in [0.717, 1.165) is 15.9 Å². The third-order valence-electron chi connectivity index (χ3n) is 3.21. The summed E-state index contributed by atoms with van der Waals surface area (Å²) >= 11 is 0. The highest BCUT2D eigenvalue weighted by Gasteiger charge is 2.25. The third kappa shape index (κ3) is 1.54. The number of carbonyl (C=O) groups is 1. The molecule has 0 spiro atoms. The third-order valence-corrected chi connectivity index (χ3v) is 3.21. The van der Waals surface area contributed by atoms with Crippen LogP contribution in [0.15, 0.2) is 42.6 Å². The van der Waals surface area contributed by atoms with Crippen molar-refractivity contribution < 1.29 is 9.52 Å². The summed E-state index contributed by atoms with van der Waals surface area (Å²) in [6.45, 7) is 0.639. The fraction of sp³-hybridized carbons (Fsp3) is 0.143. The second kappa shape index (κ2) is 3.84. The molecule has 0 N–H and O–H groups in total. The fourth-order valence-electron chi connectivity index (χ4n) is 2.26. The molecule has 0 saturated heterocycles. The molecule has 4 heteroatoms. The van der Waals surface area contributed by atoms with Crippen LogP contribution in [-0.4, -0.2) is 17.9 Å². The van der Waals surface area contributed by atoms with Crippen molar-refractivity contribution in [2.75, 3.05) is 7.05 Å². The maximum absolute atomic E-state index is 11.9. The highest BCUT2D eigenvalue weighted by atomic mass is 16.5. The second-order valence-electron chi connectivity index (χ2n) is 4.44. The lowest BCUT2D eigenvalue weighted by Gasteiger charge is -2.05. The van der Waals surface area contributed by atoms with Gasteiger partial charge in [-0.3, -0.25) is 4.79 Å². The summed E-state index contributed by atoms with van der Waals surface area (Å²) in [7, 11) is 1.78. The molecule has 2 aromatic rings. The molecule has 0 atom stereocenters. The topological polar surface area (TPSA) is 47.2 Å². The van der Waals surface area contributed by atoms with Crippen LogP contribution in [0.3, 0.4) is 0 Å². The molecular formula is C14H12N2O2. The van der Waals surface area contributed by atoms with Gasteiger partial charge in [0.15, 0.2) is 6.20 Å². The molecule has 0 radical (unpaired) electrons. The zero-order chi connectivity index (χ0) is 12.7. The minimum Gasteiger partial charge on any atom is -0.618 e. The number of fused-ring (bicyclic) bond motifs is 1. The first kappa shape index (κ1) is 10.8. The molecule has 18 heavy (non-hydrogen) atoms. The molecular weight excluding hydrogens is 228 g/mol. The van der Waals surface area contributed by atoms with Gasteiger partial charge in [-0.1, -0.05) is 6.07 Å². The van der Waals surface area contributed by atoms with Crippen molar-refractivity contribution in [2.45, 2.75) is 6.54 Å². The highest BCUT2D eigenvalue weighted by Crippen LogP contribution is 2.26. The van der Waals surface area contributed by atoms with Crippen molar-refractivity contribution in [1.29, 1.82) is 0 Å². The summed E-state index contributed by atoms with van der Waals surface area (Å²) in [6.07, 6.45) is 1.45. The van der Waals surface area contributed by atoms with Gasteiger partial charge in [0.1, 0.15) is 0 Å². The van der Waals surface area contributed by atoms with Crippen molar-refractivity contribution in [3.05, 3.63) is 58.9 Å². The molecule has 2 heterocycles. The second-order valence-corrected chi connectivity index (χ2v) is 4.44. The molecule has 90 valence electrons. The Balaban J connectivity index is 2.12.